The minimum absolute atomic E-state index is 0.0226. The maximum absolute atomic E-state index is 11.5. The molecule has 0 spiro atoms. The first-order chi connectivity index (χ1) is 13.2. The highest BCUT2D eigenvalue weighted by Crippen LogP contribution is 2.68. The number of aliphatic hydroxyl groups excluding tert-OH is 2. The molecule has 0 aromatic heterocycles. The van der Waals surface area contributed by atoms with Crippen LogP contribution in [0.3, 0.4) is 0 Å². The van der Waals surface area contributed by atoms with Gasteiger partial charge in [-0.1, -0.05) is 20.8 Å². The largest absolute Gasteiger partial charge is 0.393 e. The van der Waals surface area contributed by atoms with Gasteiger partial charge in [0.05, 0.1) is 12.2 Å². The number of hydrogen-bond donors (Lipinski definition) is 2. The average molecular weight is 391 g/mol. The molecule has 4 fully saturated rings. The maximum Gasteiger partial charge on any atom is 0.129 e. The lowest BCUT2D eigenvalue weighted by Gasteiger charge is -2.62. The first-order valence-corrected chi connectivity index (χ1v) is 12.0. The molecular formula is C25H42O3. The molecule has 0 bridgehead atoms. The summed E-state index contributed by atoms with van der Waals surface area (Å²) in [5.74, 6) is 4.00. The summed E-state index contributed by atoms with van der Waals surface area (Å²) in [7, 11) is 0. The summed E-state index contributed by atoms with van der Waals surface area (Å²) in [4.78, 5) is 11.5. The van der Waals surface area contributed by atoms with E-state index in [0.29, 0.717) is 47.2 Å². The molecule has 0 aliphatic heterocycles. The molecule has 28 heavy (non-hydrogen) atoms. The van der Waals surface area contributed by atoms with E-state index in [4.69, 9.17) is 0 Å². The fourth-order valence-electron chi connectivity index (χ4n) is 8.79. The summed E-state index contributed by atoms with van der Waals surface area (Å²) < 4.78 is 0. The fourth-order valence-corrected chi connectivity index (χ4v) is 8.79. The van der Waals surface area contributed by atoms with Crippen molar-refractivity contribution < 1.29 is 15.0 Å². The van der Waals surface area contributed by atoms with Crippen LogP contribution in [0.4, 0.5) is 0 Å². The number of hydrogen-bond acceptors (Lipinski definition) is 3. The molecule has 10 atom stereocenters. The van der Waals surface area contributed by atoms with Crippen LogP contribution >= 0.6 is 0 Å². The van der Waals surface area contributed by atoms with Gasteiger partial charge in [-0.3, -0.25) is 0 Å². The second-order valence-corrected chi connectivity index (χ2v) is 11.6. The normalized spacial score (nSPS) is 51.7. The third-order valence-electron chi connectivity index (χ3n) is 10.5. The Morgan fingerprint density at radius 1 is 1.04 bits per heavy atom. The summed E-state index contributed by atoms with van der Waals surface area (Å²) in [6.07, 6.45) is 10.4. The molecule has 0 saturated heterocycles. The van der Waals surface area contributed by atoms with Crippen LogP contribution in [0.5, 0.6) is 0 Å². The monoisotopic (exact) mass is 390 g/mol. The Morgan fingerprint density at radius 2 is 1.79 bits per heavy atom. The van der Waals surface area contributed by atoms with Crippen molar-refractivity contribution >= 4 is 5.78 Å². The van der Waals surface area contributed by atoms with E-state index in [9.17, 15) is 15.0 Å². The molecule has 0 aromatic carbocycles. The van der Waals surface area contributed by atoms with Gasteiger partial charge >= 0.3 is 0 Å². The molecule has 4 rings (SSSR count). The summed E-state index contributed by atoms with van der Waals surface area (Å²) >= 11 is 0. The van der Waals surface area contributed by atoms with Crippen LogP contribution in [0.25, 0.3) is 0 Å². The average Bonchev–Trinajstić information content (AvgIpc) is 3.00. The topological polar surface area (TPSA) is 57.5 Å². The molecule has 0 unspecified atom stereocenters. The number of carbonyl (C=O) groups excluding carboxylic acids is 1. The zero-order valence-corrected chi connectivity index (χ0v) is 18.5. The Labute approximate surface area is 171 Å². The van der Waals surface area contributed by atoms with Crippen molar-refractivity contribution in [2.45, 2.75) is 104 Å². The Kier molecular flexibility index (Phi) is 5.49. The summed E-state index contributed by atoms with van der Waals surface area (Å²) in [5.41, 5.74) is 0.331. The van der Waals surface area contributed by atoms with Crippen molar-refractivity contribution in [3.05, 3.63) is 0 Å². The Balaban J connectivity index is 1.56. The lowest BCUT2D eigenvalue weighted by atomic mass is 9.43. The number of Topliss-reactive ketones (excluding diaryl/α,β-unsaturated/α-hetero) is 1. The lowest BCUT2D eigenvalue weighted by Crippen LogP contribution is -2.58. The Morgan fingerprint density at radius 3 is 2.50 bits per heavy atom. The Bertz CT molecular complexity index is 603. The molecule has 4 aliphatic rings. The number of ketones is 1. The number of carbonyl (C=O) groups is 1. The van der Waals surface area contributed by atoms with Crippen LogP contribution in [-0.2, 0) is 4.79 Å². The zero-order chi connectivity index (χ0) is 20.3. The van der Waals surface area contributed by atoms with E-state index in [2.05, 4.69) is 20.8 Å². The molecule has 3 nitrogen and oxygen atoms in total. The van der Waals surface area contributed by atoms with Crippen LogP contribution < -0.4 is 0 Å². The van der Waals surface area contributed by atoms with Gasteiger partial charge in [0.2, 0.25) is 0 Å². The first kappa shape index (κ1) is 20.8. The smallest absolute Gasteiger partial charge is 0.129 e. The van der Waals surface area contributed by atoms with Crippen LogP contribution in [-0.4, -0.2) is 28.2 Å². The maximum atomic E-state index is 11.5. The number of rotatable bonds is 4. The van der Waals surface area contributed by atoms with E-state index in [0.717, 1.165) is 38.0 Å². The molecule has 4 saturated carbocycles. The van der Waals surface area contributed by atoms with Crippen LogP contribution in [0.15, 0.2) is 0 Å². The minimum Gasteiger partial charge on any atom is -0.393 e. The summed E-state index contributed by atoms with van der Waals surface area (Å²) in [6, 6.07) is 0. The fraction of sp³-hybridized carbons (Fsp3) is 0.960. The van der Waals surface area contributed by atoms with E-state index >= 15 is 0 Å². The van der Waals surface area contributed by atoms with Crippen molar-refractivity contribution in [2.24, 2.45) is 46.3 Å². The molecule has 2 N–H and O–H groups in total. The third-order valence-corrected chi connectivity index (χ3v) is 10.5. The summed E-state index contributed by atoms with van der Waals surface area (Å²) in [6.45, 7) is 8.89. The zero-order valence-electron chi connectivity index (χ0n) is 18.5. The molecule has 0 radical (unpaired) electrons. The van der Waals surface area contributed by atoms with Gasteiger partial charge in [-0.15, -0.1) is 0 Å². The van der Waals surface area contributed by atoms with Gasteiger partial charge in [0.1, 0.15) is 5.78 Å². The van der Waals surface area contributed by atoms with E-state index < -0.39 is 0 Å². The number of fused-ring (bicyclic) bond motifs is 5. The van der Waals surface area contributed by atoms with Gasteiger partial charge in [-0.25, -0.2) is 0 Å². The highest BCUT2D eigenvalue weighted by atomic mass is 16.3. The number of aliphatic hydroxyl groups is 2. The van der Waals surface area contributed by atoms with Crippen molar-refractivity contribution in [1.29, 1.82) is 0 Å². The predicted molar refractivity (Wildman–Crippen MR) is 112 cm³/mol. The molecule has 3 heteroatoms. The molecule has 0 aromatic rings. The lowest BCUT2D eigenvalue weighted by molar-refractivity contribution is -0.174. The van der Waals surface area contributed by atoms with Crippen LogP contribution in [0.1, 0.15) is 91.9 Å². The third kappa shape index (κ3) is 3.11. The molecule has 160 valence electrons. The van der Waals surface area contributed by atoms with E-state index in [-0.39, 0.29) is 17.6 Å². The van der Waals surface area contributed by atoms with Crippen LogP contribution in [0.2, 0.25) is 0 Å². The molecular weight excluding hydrogens is 348 g/mol. The predicted octanol–water partition coefficient (Wildman–Crippen LogP) is 4.98. The molecule has 0 amide bonds. The van der Waals surface area contributed by atoms with E-state index in [1.807, 2.05) is 0 Å². The van der Waals surface area contributed by atoms with Gasteiger partial charge in [0, 0.05) is 6.42 Å². The molecule has 4 aliphatic carbocycles. The van der Waals surface area contributed by atoms with Crippen molar-refractivity contribution in [3.63, 3.8) is 0 Å². The summed E-state index contributed by atoms with van der Waals surface area (Å²) in [5, 5.41) is 21.7. The van der Waals surface area contributed by atoms with Gasteiger partial charge < -0.3 is 15.0 Å². The SMILES string of the molecule is CC(=O)CC[C@@H](C)[C@H]1CC[C@H]2[C@@H]3CC[C@@H]4C[C@H](O)CC[C@]4(C)[C@H]3C[C@H](O)[C@]12C. The minimum atomic E-state index is -0.214. The van der Waals surface area contributed by atoms with E-state index in [1.54, 1.807) is 6.92 Å². The second kappa shape index (κ2) is 7.38. The Hall–Kier alpha value is -0.410. The first-order valence-electron chi connectivity index (χ1n) is 12.0. The van der Waals surface area contributed by atoms with Crippen LogP contribution in [0, 0.1) is 46.3 Å². The van der Waals surface area contributed by atoms with E-state index in [1.165, 1.54) is 25.7 Å². The highest BCUT2D eigenvalue weighted by molar-refractivity contribution is 5.75. The van der Waals surface area contributed by atoms with Gasteiger partial charge in [0.25, 0.3) is 0 Å². The molecule has 0 heterocycles. The second-order valence-electron chi connectivity index (χ2n) is 11.6. The van der Waals surface area contributed by atoms with Gasteiger partial charge in [-0.05, 0) is 111 Å². The van der Waals surface area contributed by atoms with Crippen molar-refractivity contribution in [2.75, 3.05) is 0 Å². The standard InChI is InChI=1S/C25H42O3/c1-15(5-6-16(2)26)20-9-10-21-19-8-7-17-13-18(27)11-12-24(17,3)22(19)14-23(28)25(20,21)4/h15,17-23,27-28H,5-14H2,1-4H3/t15-,17-,18-,19+,20-,21+,22+,23+,24+,25-/m1/s1. The van der Waals surface area contributed by atoms with Gasteiger partial charge in [0.15, 0.2) is 0 Å². The van der Waals surface area contributed by atoms with Gasteiger partial charge in [-0.2, -0.15) is 0 Å². The van der Waals surface area contributed by atoms with Crippen molar-refractivity contribution in [1.82, 2.24) is 0 Å². The van der Waals surface area contributed by atoms with Crippen molar-refractivity contribution in [3.8, 4) is 0 Å². The highest BCUT2D eigenvalue weighted by Gasteiger charge is 2.63. The quantitative estimate of drug-likeness (QED) is 0.711.